The molecule has 0 atom stereocenters. The topological polar surface area (TPSA) is 91.4 Å². The standard InChI is InChI=1S/C31H30N4O3S3.ClH/c1-19(2)35-16-15-24-27(18-35)40-31(28(24)30-32-25-9-4-5-10-26(25)39-30)33-29(36)21-7-6-8-22(17-21)34-41(37,38)23-13-11-20(3)12-14-23;/h4-14,17,19,34H,15-16,18H2,1-3H3,(H,33,36);1H. The summed E-state index contributed by atoms with van der Waals surface area (Å²) in [4.78, 5) is 22.4. The normalized spacial score (nSPS) is 13.5. The molecule has 6 rings (SSSR count). The van der Waals surface area contributed by atoms with Gasteiger partial charge in [-0.05, 0) is 75.2 Å². The van der Waals surface area contributed by atoms with E-state index in [1.807, 2.05) is 25.1 Å². The van der Waals surface area contributed by atoms with Crippen LogP contribution in [-0.2, 0) is 23.0 Å². The molecule has 218 valence electrons. The van der Waals surface area contributed by atoms with E-state index >= 15 is 0 Å². The van der Waals surface area contributed by atoms with Crippen LogP contribution in [0.5, 0.6) is 0 Å². The highest BCUT2D eigenvalue weighted by atomic mass is 35.5. The lowest BCUT2D eigenvalue weighted by atomic mass is 10.0. The van der Waals surface area contributed by atoms with Gasteiger partial charge in [-0.3, -0.25) is 14.4 Å². The molecule has 2 N–H and O–H groups in total. The number of hydrogen-bond donors (Lipinski definition) is 2. The maximum Gasteiger partial charge on any atom is 0.261 e. The third-order valence-electron chi connectivity index (χ3n) is 7.26. The predicted molar refractivity (Wildman–Crippen MR) is 176 cm³/mol. The molecule has 0 saturated heterocycles. The van der Waals surface area contributed by atoms with Gasteiger partial charge < -0.3 is 5.32 Å². The molecule has 5 aromatic rings. The molecule has 7 nitrogen and oxygen atoms in total. The smallest absolute Gasteiger partial charge is 0.261 e. The minimum Gasteiger partial charge on any atom is -0.313 e. The Morgan fingerprint density at radius 2 is 1.76 bits per heavy atom. The molecule has 0 unspecified atom stereocenters. The largest absolute Gasteiger partial charge is 0.313 e. The third kappa shape index (κ3) is 6.09. The number of hydrogen-bond acceptors (Lipinski definition) is 7. The Labute approximate surface area is 260 Å². The maximum absolute atomic E-state index is 13.6. The first kappa shape index (κ1) is 30.2. The van der Waals surface area contributed by atoms with Crippen molar-refractivity contribution in [3.8, 4) is 10.6 Å². The van der Waals surface area contributed by atoms with Crippen LogP contribution in [0.25, 0.3) is 20.8 Å². The van der Waals surface area contributed by atoms with Crippen LogP contribution in [0.1, 0.15) is 40.2 Å². The van der Waals surface area contributed by atoms with Gasteiger partial charge in [0, 0.05) is 40.8 Å². The van der Waals surface area contributed by atoms with Crippen LogP contribution >= 0.6 is 35.1 Å². The zero-order chi connectivity index (χ0) is 28.7. The lowest BCUT2D eigenvalue weighted by Crippen LogP contribution is -2.35. The Balaban J connectivity index is 0.00000353. The summed E-state index contributed by atoms with van der Waals surface area (Å²) in [5, 5.41) is 4.82. The van der Waals surface area contributed by atoms with Gasteiger partial charge in [-0.25, -0.2) is 13.4 Å². The Morgan fingerprint density at radius 1 is 1.00 bits per heavy atom. The number of para-hydroxylation sites is 1. The van der Waals surface area contributed by atoms with Gasteiger partial charge in [0.1, 0.15) is 10.0 Å². The van der Waals surface area contributed by atoms with Crippen molar-refractivity contribution in [1.29, 1.82) is 0 Å². The first-order valence-electron chi connectivity index (χ1n) is 13.4. The van der Waals surface area contributed by atoms with Crippen molar-refractivity contribution < 1.29 is 13.2 Å². The third-order valence-corrected chi connectivity index (χ3v) is 10.8. The number of nitrogens with zero attached hydrogens (tertiary/aromatic N) is 2. The first-order chi connectivity index (χ1) is 19.7. The number of benzene rings is 3. The van der Waals surface area contributed by atoms with E-state index in [-0.39, 0.29) is 23.2 Å². The fraction of sp³-hybridized carbons (Fsp3) is 0.226. The van der Waals surface area contributed by atoms with E-state index in [1.165, 1.54) is 10.4 Å². The highest BCUT2D eigenvalue weighted by Gasteiger charge is 2.29. The Hall–Kier alpha value is -3.28. The number of rotatable bonds is 7. The summed E-state index contributed by atoms with van der Waals surface area (Å²) < 4.78 is 29.6. The minimum absolute atomic E-state index is 0. The van der Waals surface area contributed by atoms with E-state index in [2.05, 4.69) is 34.9 Å². The molecule has 11 heteroatoms. The number of anilines is 2. The number of carbonyl (C=O) groups excluding carboxylic acids is 1. The molecule has 0 fully saturated rings. The van der Waals surface area contributed by atoms with E-state index < -0.39 is 10.0 Å². The molecule has 0 aliphatic carbocycles. The fourth-order valence-electron chi connectivity index (χ4n) is 4.99. The number of thiophene rings is 1. The minimum atomic E-state index is -3.79. The lowest BCUT2D eigenvalue weighted by Gasteiger charge is -2.30. The number of fused-ring (bicyclic) bond motifs is 2. The summed E-state index contributed by atoms with van der Waals surface area (Å²) in [7, 11) is -3.79. The number of aryl methyl sites for hydroxylation is 1. The quantitative estimate of drug-likeness (QED) is 0.192. The van der Waals surface area contributed by atoms with Crippen LogP contribution in [0, 0.1) is 6.92 Å². The molecule has 3 heterocycles. The van der Waals surface area contributed by atoms with Crippen LogP contribution in [0.3, 0.4) is 0 Å². The van der Waals surface area contributed by atoms with Crippen LogP contribution in [0.2, 0.25) is 0 Å². The summed E-state index contributed by atoms with van der Waals surface area (Å²) in [5.74, 6) is -0.303. The Kier molecular flexibility index (Phi) is 8.73. The van der Waals surface area contributed by atoms with Crippen molar-refractivity contribution in [2.24, 2.45) is 0 Å². The number of sulfonamides is 1. The van der Waals surface area contributed by atoms with Crippen LogP contribution in [-0.4, -0.2) is 36.8 Å². The van der Waals surface area contributed by atoms with Gasteiger partial charge in [0.2, 0.25) is 0 Å². The zero-order valence-corrected chi connectivity index (χ0v) is 26.6. The summed E-state index contributed by atoms with van der Waals surface area (Å²) in [6.45, 7) is 8.10. The van der Waals surface area contributed by atoms with Gasteiger partial charge in [-0.15, -0.1) is 35.1 Å². The second kappa shape index (κ2) is 12.1. The summed E-state index contributed by atoms with van der Waals surface area (Å²) in [6, 6.07) is 21.7. The van der Waals surface area contributed by atoms with Gasteiger partial charge in [0.05, 0.1) is 15.1 Å². The van der Waals surface area contributed by atoms with E-state index in [0.29, 0.717) is 17.3 Å². The average Bonchev–Trinajstić information content (AvgIpc) is 3.53. The molecule has 0 saturated carbocycles. The van der Waals surface area contributed by atoms with Crippen molar-refractivity contribution in [2.75, 3.05) is 16.6 Å². The van der Waals surface area contributed by atoms with Gasteiger partial charge in [-0.1, -0.05) is 35.9 Å². The molecular weight excluding hydrogens is 608 g/mol. The number of aromatic nitrogens is 1. The second-order valence-electron chi connectivity index (χ2n) is 10.5. The highest BCUT2D eigenvalue weighted by Crippen LogP contribution is 2.46. The molecule has 3 aromatic carbocycles. The highest BCUT2D eigenvalue weighted by molar-refractivity contribution is 7.92. The monoisotopic (exact) mass is 638 g/mol. The molecule has 0 spiro atoms. The molecule has 0 bridgehead atoms. The molecular formula is C31H31ClN4O3S3. The van der Waals surface area contributed by atoms with E-state index in [1.54, 1.807) is 71.2 Å². The van der Waals surface area contributed by atoms with Gasteiger partial charge in [0.15, 0.2) is 0 Å². The second-order valence-corrected chi connectivity index (χ2v) is 14.3. The maximum atomic E-state index is 13.6. The number of amides is 1. The zero-order valence-electron chi connectivity index (χ0n) is 23.4. The molecule has 0 radical (unpaired) electrons. The van der Waals surface area contributed by atoms with Gasteiger partial charge in [0.25, 0.3) is 15.9 Å². The van der Waals surface area contributed by atoms with Crippen LogP contribution in [0.15, 0.2) is 77.7 Å². The Morgan fingerprint density at radius 3 is 2.50 bits per heavy atom. The van der Waals surface area contributed by atoms with E-state index in [0.717, 1.165) is 50.9 Å². The Bertz CT molecular complexity index is 1830. The van der Waals surface area contributed by atoms with Crippen molar-refractivity contribution in [2.45, 2.75) is 44.7 Å². The predicted octanol–water partition coefficient (Wildman–Crippen LogP) is 7.57. The molecule has 1 aliphatic rings. The molecule has 1 aliphatic heterocycles. The van der Waals surface area contributed by atoms with Crippen molar-refractivity contribution in [3.63, 3.8) is 0 Å². The van der Waals surface area contributed by atoms with Crippen molar-refractivity contribution >= 4 is 71.9 Å². The summed E-state index contributed by atoms with van der Waals surface area (Å²) >= 11 is 3.24. The average molecular weight is 639 g/mol. The summed E-state index contributed by atoms with van der Waals surface area (Å²) in [6.07, 6.45) is 0.890. The van der Waals surface area contributed by atoms with E-state index in [4.69, 9.17) is 4.98 Å². The first-order valence-corrected chi connectivity index (χ1v) is 16.5. The number of nitrogens with one attached hydrogen (secondary N) is 2. The number of thiazole rings is 1. The van der Waals surface area contributed by atoms with Crippen molar-refractivity contribution in [3.05, 3.63) is 94.4 Å². The molecule has 2 aromatic heterocycles. The SMILES string of the molecule is Cc1ccc(S(=O)(=O)Nc2cccc(C(=O)Nc3sc4c(c3-c3nc5ccccc5s3)CCN(C(C)C)C4)c2)cc1.Cl. The number of halogens is 1. The van der Waals surface area contributed by atoms with Gasteiger partial charge in [-0.2, -0.15) is 0 Å². The van der Waals surface area contributed by atoms with Crippen LogP contribution < -0.4 is 10.0 Å². The lowest BCUT2D eigenvalue weighted by molar-refractivity contribution is 0.102. The molecule has 1 amide bonds. The van der Waals surface area contributed by atoms with Crippen LogP contribution in [0.4, 0.5) is 10.7 Å². The van der Waals surface area contributed by atoms with Gasteiger partial charge >= 0.3 is 0 Å². The number of carbonyl (C=O) groups is 1. The summed E-state index contributed by atoms with van der Waals surface area (Å²) in [5.41, 5.74) is 4.85. The molecule has 42 heavy (non-hydrogen) atoms. The van der Waals surface area contributed by atoms with Crippen molar-refractivity contribution in [1.82, 2.24) is 9.88 Å². The van der Waals surface area contributed by atoms with E-state index in [9.17, 15) is 13.2 Å². The fourth-order valence-corrected chi connectivity index (χ4v) is 8.42.